The van der Waals surface area contributed by atoms with Crippen molar-refractivity contribution in [2.24, 2.45) is 5.73 Å². The molecule has 4 rings (SSSR count). The Balaban J connectivity index is 1.98. The fourth-order valence-electron chi connectivity index (χ4n) is 4.64. The van der Waals surface area contributed by atoms with Crippen LogP contribution in [0.4, 0.5) is 0 Å². The van der Waals surface area contributed by atoms with Gasteiger partial charge in [-0.2, -0.15) is 0 Å². The number of nitrogens with one attached hydrogen (secondary N) is 1. The molecule has 4 nitrogen and oxygen atoms in total. The lowest BCUT2D eigenvalue weighted by Crippen LogP contribution is -2.00. The minimum atomic E-state index is 0.503. The number of rotatable bonds is 9. The number of nitrogens with two attached hydrogens (primary N) is 1. The molecule has 2 heterocycles. The van der Waals surface area contributed by atoms with Crippen LogP contribution < -0.4 is 10.5 Å². The fourth-order valence-corrected chi connectivity index (χ4v) is 4.64. The maximum atomic E-state index is 5.91. The molecule has 0 aliphatic carbocycles. The lowest BCUT2D eigenvalue weighted by Gasteiger charge is -2.12. The smallest absolute Gasteiger partial charge is 0.145 e. The van der Waals surface area contributed by atoms with Crippen LogP contribution >= 0.6 is 0 Å². The molecule has 0 fully saturated rings. The van der Waals surface area contributed by atoms with Crippen LogP contribution in [0.25, 0.3) is 33.1 Å². The molecule has 0 saturated carbocycles. The number of aromatic amines is 1. The van der Waals surface area contributed by atoms with Crippen LogP contribution in [-0.4, -0.2) is 23.1 Å². The van der Waals surface area contributed by atoms with Crippen LogP contribution in [-0.2, 0) is 6.42 Å². The monoisotopic (exact) mass is 429 g/mol. The largest absolute Gasteiger partial charge is 0.492 e. The number of benzene rings is 2. The minimum Gasteiger partial charge on any atom is -0.492 e. The highest BCUT2D eigenvalue weighted by Crippen LogP contribution is 2.40. The van der Waals surface area contributed by atoms with E-state index < -0.39 is 0 Å². The average Bonchev–Trinajstić information content (AvgIpc) is 3.17. The van der Waals surface area contributed by atoms with Crippen molar-refractivity contribution in [1.29, 1.82) is 0 Å². The van der Waals surface area contributed by atoms with E-state index in [4.69, 9.17) is 15.5 Å². The van der Waals surface area contributed by atoms with Crippen LogP contribution in [0.5, 0.6) is 5.75 Å². The van der Waals surface area contributed by atoms with Crippen LogP contribution in [0, 0.1) is 6.92 Å². The summed E-state index contributed by atoms with van der Waals surface area (Å²) in [5, 5.41) is 2.45. The van der Waals surface area contributed by atoms with E-state index in [-0.39, 0.29) is 0 Å². The number of H-pyrrole nitrogens is 1. The van der Waals surface area contributed by atoms with Gasteiger partial charge in [-0.15, -0.1) is 0 Å². The second-order valence-corrected chi connectivity index (χ2v) is 8.70. The van der Waals surface area contributed by atoms with Gasteiger partial charge in [0.15, 0.2) is 0 Å². The van der Waals surface area contributed by atoms with Crippen LogP contribution in [0.1, 0.15) is 62.8 Å². The first kappa shape index (κ1) is 22.3. The molecule has 1 atom stereocenters. The molecule has 1 unspecified atom stereocenters. The van der Waals surface area contributed by atoms with E-state index in [1.54, 1.807) is 0 Å². The Kier molecular flexibility index (Phi) is 6.80. The molecule has 32 heavy (non-hydrogen) atoms. The second kappa shape index (κ2) is 9.74. The summed E-state index contributed by atoms with van der Waals surface area (Å²) >= 11 is 0. The van der Waals surface area contributed by atoms with E-state index in [0.717, 1.165) is 54.6 Å². The van der Waals surface area contributed by atoms with E-state index in [9.17, 15) is 0 Å². The lowest BCUT2D eigenvalue weighted by molar-refractivity contribution is 0.343. The molecule has 0 bridgehead atoms. The molecule has 3 N–H and O–H groups in total. The number of aromatic nitrogens is 2. The summed E-state index contributed by atoms with van der Waals surface area (Å²) in [4.78, 5) is 8.69. The standard InChI is InChI=1S/C28H35N3O/c1-5-18(3)20-11-9-12-22-21(10-7-8-17-29)27(31-26(20)22)23-15-16-25(32-6-2)28-24(23)14-13-19(4)30-28/h9,11-16,18,31H,5-8,10,17,29H2,1-4H3. The second-order valence-electron chi connectivity index (χ2n) is 8.70. The Hall–Kier alpha value is -2.85. The molecule has 2 aromatic heterocycles. The van der Waals surface area contributed by atoms with E-state index in [1.807, 2.05) is 13.8 Å². The molecule has 0 spiro atoms. The van der Waals surface area contributed by atoms with Gasteiger partial charge < -0.3 is 15.5 Å². The summed E-state index contributed by atoms with van der Waals surface area (Å²) in [6, 6.07) is 15.3. The SMILES string of the molecule is CCOc1ccc(-c2[nH]c3c(C(C)CC)cccc3c2CCCCN)c2ccc(C)nc12. The number of fused-ring (bicyclic) bond motifs is 2. The zero-order valence-electron chi connectivity index (χ0n) is 19.8. The van der Waals surface area contributed by atoms with E-state index >= 15 is 0 Å². The molecule has 0 amide bonds. The minimum absolute atomic E-state index is 0.503. The van der Waals surface area contributed by atoms with Gasteiger partial charge in [-0.3, -0.25) is 0 Å². The summed E-state index contributed by atoms with van der Waals surface area (Å²) < 4.78 is 5.91. The topological polar surface area (TPSA) is 63.9 Å². The normalized spacial score (nSPS) is 12.5. The highest BCUT2D eigenvalue weighted by molar-refractivity contribution is 6.02. The highest BCUT2D eigenvalue weighted by atomic mass is 16.5. The highest BCUT2D eigenvalue weighted by Gasteiger charge is 2.20. The van der Waals surface area contributed by atoms with Crippen molar-refractivity contribution in [2.75, 3.05) is 13.2 Å². The predicted molar refractivity (Wildman–Crippen MR) is 136 cm³/mol. The van der Waals surface area contributed by atoms with Gasteiger partial charge in [0.25, 0.3) is 0 Å². The lowest BCUT2D eigenvalue weighted by atomic mass is 9.94. The molecule has 0 aliphatic heterocycles. The van der Waals surface area contributed by atoms with Gasteiger partial charge in [-0.05, 0) is 81.3 Å². The fraction of sp³-hybridized carbons (Fsp3) is 0.393. The van der Waals surface area contributed by atoms with E-state index in [0.29, 0.717) is 12.5 Å². The first-order valence-corrected chi connectivity index (χ1v) is 12.0. The Morgan fingerprint density at radius 2 is 1.88 bits per heavy atom. The zero-order chi connectivity index (χ0) is 22.7. The Labute approximate surface area is 191 Å². The van der Waals surface area contributed by atoms with Gasteiger partial charge in [0.2, 0.25) is 0 Å². The van der Waals surface area contributed by atoms with Gasteiger partial charge >= 0.3 is 0 Å². The van der Waals surface area contributed by atoms with Gasteiger partial charge in [-0.1, -0.05) is 38.1 Å². The van der Waals surface area contributed by atoms with Crippen LogP contribution in [0.3, 0.4) is 0 Å². The first-order chi connectivity index (χ1) is 15.6. The molecular formula is C28H35N3O. The molecule has 168 valence electrons. The third-order valence-electron chi connectivity index (χ3n) is 6.53. The summed E-state index contributed by atoms with van der Waals surface area (Å²) in [5.41, 5.74) is 14.2. The van der Waals surface area contributed by atoms with Crippen molar-refractivity contribution < 1.29 is 4.74 Å². The maximum Gasteiger partial charge on any atom is 0.145 e. The van der Waals surface area contributed by atoms with Gasteiger partial charge in [0, 0.05) is 27.5 Å². The first-order valence-electron chi connectivity index (χ1n) is 12.0. The Morgan fingerprint density at radius 1 is 1.03 bits per heavy atom. The number of ether oxygens (including phenoxy) is 1. The van der Waals surface area contributed by atoms with Crippen molar-refractivity contribution in [1.82, 2.24) is 9.97 Å². The molecule has 0 radical (unpaired) electrons. The number of para-hydroxylation sites is 1. The summed E-state index contributed by atoms with van der Waals surface area (Å²) in [6.45, 7) is 9.95. The van der Waals surface area contributed by atoms with Crippen molar-refractivity contribution in [3.05, 3.63) is 59.3 Å². The third-order valence-corrected chi connectivity index (χ3v) is 6.53. The van der Waals surface area contributed by atoms with E-state index in [2.05, 4.69) is 61.3 Å². The quantitative estimate of drug-likeness (QED) is 0.285. The molecule has 0 aliphatic rings. The molecule has 4 heteroatoms. The number of hydrogen-bond acceptors (Lipinski definition) is 3. The molecule has 0 saturated heterocycles. The van der Waals surface area contributed by atoms with E-state index in [1.165, 1.54) is 33.3 Å². The Bertz CT molecular complexity index is 1220. The van der Waals surface area contributed by atoms with Crippen molar-refractivity contribution in [3.63, 3.8) is 0 Å². The van der Waals surface area contributed by atoms with Crippen molar-refractivity contribution >= 4 is 21.8 Å². The average molecular weight is 430 g/mol. The maximum absolute atomic E-state index is 5.91. The van der Waals surface area contributed by atoms with Gasteiger partial charge in [0.05, 0.1) is 12.3 Å². The zero-order valence-corrected chi connectivity index (χ0v) is 19.8. The number of aryl methyl sites for hydroxylation is 2. The Morgan fingerprint density at radius 3 is 2.62 bits per heavy atom. The summed E-state index contributed by atoms with van der Waals surface area (Å²) in [5.74, 6) is 1.35. The molecular weight excluding hydrogens is 394 g/mol. The summed E-state index contributed by atoms with van der Waals surface area (Å²) in [6.07, 6.45) is 4.23. The third kappa shape index (κ3) is 4.12. The predicted octanol–water partition coefficient (Wildman–Crippen LogP) is 6.89. The number of unbranched alkanes of at least 4 members (excludes halogenated alkanes) is 1. The van der Waals surface area contributed by atoms with Crippen LogP contribution in [0.15, 0.2) is 42.5 Å². The van der Waals surface area contributed by atoms with Crippen LogP contribution in [0.2, 0.25) is 0 Å². The number of hydrogen-bond donors (Lipinski definition) is 2. The van der Waals surface area contributed by atoms with Gasteiger partial charge in [-0.25, -0.2) is 4.98 Å². The van der Waals surface area contributed by atoms with Crippen molar-refractivity contribution in [2.45, 2.75) is 59.3 Å². The van der Waals surface area contributed by atoms with Crippen molar-refractivity contribution in [3.8, 4) is 17.0 Å². The molecule has 2 aromatic carbocycles. The van der Waals surface area contributed by atoms with Gasteiger partial charge in [0.1, 0.15) is 11.3 Å². The number of pyridine rings is 1. The number of nitrogens with zero attached hydrogens (tertiary/aromatic N) is 1. The molecule has 4 aromatic rings. The summed E-state index contributed by atoms with van der Waals surface area (Å²) in [7, 11) is 0.